The van der Waals surface area contributed by atoms with Crippen LogP contribution in [0.3, 0.4) is 0 Å². The Kier molecular flexibility index (Phi) is 4.08. The van der Waals surface area contributed by atoms with Gasteiger partial charge in [0, 0.05) is 23.5 Å². The maximum Gasteiger partial charge on any atom is 0.111 e. The van der Waals surface area contributed by atoms with E-state index in [9.17, 15) is 0 Å². The SMILES string of the molecule is CCn1c(CC(N)c2ccccc2Br)nc2ccccc21. The third kappa shape index (κ3) is 2.74. The monoisotopic (exact) mass is 343 g/mol. The van der Waals surface area contributed by atoms with E-state index >= 15 is 0 Å². The van der Waals surface area contributed by atoms with Crippen molar-refractivity contribution in [2.75, 3.05) is 0 Å². The van der Waals surface area contributed by atoms with Crippen molar-refractivity contribution in [1.29, 1.82) is 0 Å². The van der Waals surface area contributed by atoms with Crippen molar-refractivity contribution in [3.8, 4) is 0 Å². The van der Waals surface area contributed by atoms with Crippen LogP contribution in [-0.2, 0) is 13.0 Å². The molecule has 0 spiro atoms. The standard InChI is InChI=1S/C17H18BrN3/c1-2-21-16-10-6-5-9-15(16)20-17(21)11-14(19)12-7-3-4-8-13(12)18/h3-10,14H,2,11,19H2,1H3. The quantitative estimate of drug-likeness (QED) is 0.776. The molecule has 0 aliphatic heterocycles. The molecule has 0 aliphatic carbocycles. The summed E-state index contributed by atoms with van der Waals surface area (Å²) in [6.07, 6.45) is 0.727. The fourth-order valence-corrected chi connectivity index (χ4v) is 3.30. The lowest BCUT2D eigenvalue weighted by Gasteiger charge is -2.14. The molecule has 0 saturated heterocycles. The van der Waals surface area contributed by atoms with Crippen molar-refractivity contribution >= 4 is 27.0 Å². The Morgan fingerprint density at radius 2 is 1.86 bits per heavy atom. The molecule has 1 heterocycles. The van der Waals surface area contributed by atoms with Crippen LogP contribution in [0.2, 0.25) is 0 Å². The van der Waals surface area contributed by atoms with E-state index in [-0.39, 0.29) is 6.04 Å². The molecule has 1 atom stereocenters. The summed E-state index contributed by atoms with van der Waals surface area (Å²) in [6.45, 7) is 3.04. The fraction of sp³-hybridized carbons (Fsp3) is 0.235. The molecule has 2 N–H and O–H groups in total. The summed E-state index contributed by atoms with van der Waals surface area (Å²) in [5.74, 6) is 1.04. The molecule has 0 bridgehead atoms. The van der Waals surface area contributed by atoms with E-state index < -0.39 is 0 Å². The van der Waals surface area contributed by atoms with E-state index in [1.165, 1.54) is 5.52 Å². The fourth-order valence-electron chi connectivity index (χ4n) is 2.72. The van der Waals surface area contributed by atoms with E-state index in [4.69, 9.17) is 10.7 Å². The second-order valence-corrected chi connectivity index (χ2v) is 5.95. The van der Waals surface area contributed by atoms with Crippen LogP contribution >= 0.6 is 15.9 Å². The topological polar surface area (TPSA) is 43.8 Å². The van der Waals surface area contributed by atoms with Crippen LogP contribution in [-0.4, -0.2) is 9.55 Å². The zero-order chi connectivity index (χ0) is 14.8. The van der Waals surface area contributed by atoms with Crippen LogP contribution in [0.1, 0.15) is 24.4 Å². The number of para-hydroxylation sites is 2. The largest absolute Gasteiger partial charge is 0.328 e. The van der Waals surface area contributed by atoms with Crippen molar-refractivity contribution in [2.24, 2.45) is 5.73 Å². The molecule has 4 heteroatoms. The van der Waals surface area contributed by atoms with Gasteiger partial charge in [-0.05, 0) is 30.7 Å². The first-order chi connectivity index (χ1) is 10.2. The number of halogens is 1. The Morgan fingerprint density at radius 3 is 2.62 bits per heavy atom. The molecule has 1 aromatic heterocycles. The first kappa shape index (κ1) is 14.3. The van der Waals surface area contributed by atoms with Crippen LogP contribution < -0.4 is 5.73 Å². The normalized spacial score (nSPS) is 12.7. The molecule has 0 radical (unpaired) electrons. The first-order valence-electron chi connectivity index (χ1n) is 7.15. The predicted molar refractivity (Wildman–Crippen MR) is 90.2 cm³/mol. The molecule has 21 heavy (non-hydrogen) atoms. The summed E-state index contributed by atoms with van der Waals surface area (Å²) < 4.78 is 3.29. The summed E-state index contributed by atoms with van der Waals surface area (Å²) in [4.78, 5) is 4.75. The zero-order valence-electron chi connectivity index (χ0n) is 12.0. The highest BCUT2D eigenvalue weighted by Gasteiger charge is 2.15. The third-order valence-electron chi connectivity index (χ3n) is 3.76. The van der Waals surface area contributed by atoms with E-state index in [0.29, 0.717) is 0 Å². The van der Waals surface area contributed by atoms with Crippen molar-refractivity contribution < 1.29 is 0 Å². The Morgan fingerprint density at radius 1 is 1.14 bits per heavy atom. The third-order valence-corrected chi connectivity index (χ3v) is 4.48. The average Bonchev–Trinajstić information content (AvgIpc) is 2.84. The molecule has 2 aromatic carbocycles. The Bertz CT molecular complexity index is 764. The van der Waals surface area contributed by atoms with Gasteiger partial charge in [-0.1, -0.05) is 46.3 Å². The molecule has 3 aromatic rings. The van der Waals surface area contributed by atoms with Gasteiger partial charge in [0.2, 0.25) is 0 Å². The van der Waals surface area contributed by atoms with Gasteiger partial charge in [-0.25, -0.2) is 4.98 Å². The van der Waals surface area contributed by atoms with Crippen LogP contribution in [0.25, 0.3) is 11.0 Å². The van der Waals surface area contributed by atoms with Crippen molar-refractivity contribution in [1.82, 2.24) is 9.55 Å². The van der Waals surface area contributed by atoms with Crippen molar-refractivity contribution in [2.45, 2.75) is 25.9 Å². The lowest BCUT2D eigenvalue weighted by molar-refractivity contribution is 0.636. The minimum absolute atomic E-state index is 0.0670. The Hall–Kier alpha value is -1.65. The van der Waals surface area contributed by atoms with Crippen LogP contribution in [0, 0.1) is 0 Å². The van der Waals surface area contributed by atoms with Gasteiger partial charge < -0.3 is 10.3 Å². The number of hydrogen-bond donors (Lipinski definition) is 1. The number of aryl methyl sites for hydroxylation is 1. The van der Waals surface area contributed by atoms with Gasteiger partial charge in [0.25, 0.3) is 0 Å². The average molecular weight is 344 g/mol. The molecule has 108 valence electrons. The maximum absolute atomic E-state index is 6.39. The number of nitrogens with two attached hydrogens (primary N) is 1. The highest BCUT2D eigenvalue weighted by atomic mass is 79.9. The number of fused-ring (bicyclic) bond motifs is 1. The number of hydrogen-bond acceptors (Lipinski definition) is 2. The summed E-state index contributed by atoms with van der Waals surface area (Å²) in [5.41, 5.74) is 9.72. The molecule has 0 amide bonds. The summed E-state index contributed by atoms with van der Waals surface area (Å²) in [5, 5.41) is 0. The van der Waals surface area contributed by atoms with Gasteiger partial charge in [-0.2, -0.15) is 0 Å². The van der Waals surface area contributed by atoms with Gasteiger partial charge in [0.15, 0.2) is 0 Å². The molecular weight excluding hydrogens is 326 g/mol. The number of rotatable bonds is 4. The second kappa shape index (κ2) is 6.00. The number of aromatic nitrogens is 2. The molecule has 0 fully saturated rings. The van der Waals surface area contributed by atoms with Gasteiger partial charge in [-0.15, -0.1) is 0 Å². The molecule has 3 nitrogen and oxygen atoms in total. The van der Waals surface area contributed by atoms with Crippen molar-refractivity contribution in [3.63, 3.8) is 0 Å². The zero-order valence-corrected chi connectivity index (χ0v) is 13.5. The van der Waals surface area contributed by atoms with E-state index in [2.05, 4.69) is 45.6 Å². The van der Waals surface area contributed by atoms with Gasteiger partial charge in [0.1, 0.15) is 5.82 Å². The minimum Gasteiger partial charge on any atom is -0.328 e. The molecular formula is C17H18BrN3. The van der Waals surface area contributed by atoms with E-state index in [1.807, 2.05) is 30.3 Å². The van der Waals surface area contributed by atoms with Gasteiger partial charge in [0.05, 0.1) is 11.0 Å². The molecule has 0 aliphatic rings. The summed E-state index contributed by atoms with van der Waals surface area (Å²) in [6, 6.07) is 16.3. The minimum atomic E-state index is -0.0670. The van der Waals surface area contributed by atoms with Crippen molar-refractivity contribution in [3.05, 3.63) is 64.4 Å². The van der Waals surface area contributed by atoms with Crippen LogP contribution in [0.4, 0.5) is 0 Å². The smallest absolute Gasteiger partial charge is 0.111 e. The van der Waals surface area contributed by atoms with Gasteiger partial charge in [-0.3, -0.25) is 0 Å². The van der Waals surface area contributed by atoms with Crippen LogP contribution in [0.5, 0.6) is 0 Å². The first-order valence-corrected chi connectivity index (χ1v) is 7.94. The summed E-state index contributed by atoms with van der Waals surface area (Å²) >= 11 is 3.57. The number of benzene rings is 2. The molecule has 1 unspecified atom stereocenters. The van der Waals surface area contributed by atoms with Gasteiger partial charge >= 0.3 is 0 Å². The number of nitrogens with zero attached hydrogens (tertiary/aromatic N) is 2. The Balaban J connectivity index is 1.96. The maximum atomic E-state index is 6.39. The Labute approximate surface area is 132 Å². The predicted octanol–water partition coefficient (Wildman–Crippen LogP) is 4.06. The molecule has 3 rings (SSSR count). The highest BCUT2D eigenvalue weighted by molar-refractivity contribution is 9.10. The van der Waals surface area contributed by atoms with E-state index in [0.717, 1.165) is 34.3 Å². The second-order valence-electron chi connectivity index (χ2n) is 5.09. The lowest BCUT2D eigenvalue weighted by atomic mass is 10.0. The summed E-state index contributed by atoms with van der Waals surface area (Å²) in [7, 11) is 0. The lowest BCUT2D eigenvalue weighted by Crippen LogP contribution is -2.17. The van der Waals surface area contributed by atoms with E-state index in [1.54, 1.807) is 0 Å². The molecule has 0 saturated carbocycles. The highest BCUT2D eigenvalue weighted by Crippen LogP contribution is 2.25. The number of imidazole rings is 1. The van der Waals surface area contributed by atoms with Crippen LogP contribution in [0.15, 0.2) is 53.0 Å².